The molecule has 1 N–H and O–H groups in total. The average molecular weight is 432 g/mol. The SMILES string of the molecule is CCCCO[PH](O)(OCCCC)Oc1c(-c2ccccc2)oc2ccccc2c1=O. The number of unbranched alkanes of at least 4 members (excludes halogenated alkanes) is 2. The monoisotopic (exact) mass is 432 g/mol. The van der Waals surface area contributed by atoms with E-state index in [0.29, 0.717) is 16.5 Å². The average Bonchev–Trinajstić information content (AvgIpc) is 2.77. The second-order valence-corrected chi connectivity index (χ2v) is 8.81. The van der Waals surface area contributed by atoms with Gasteiger partial charge in [-0.1, -0.05) is 0 Å². The number of benzene rings is 2. The topological polar surface area (TPSA) is 78.1 Å². The molecule has 6 nitrogen and oxygen atoms in total. The molecule has 0 atom stereocenters. The van der Waals surface area contributed by atoms with Crippen molar-refractivity contribution in [2.45, 2.75) is 39.5 Å². The van der Waals surface area contributed by atoms with Crippen LogP contribution in [0, 0.1) is 0 Å². The predicted molar refractivity (Wildman–Crippen MR) is 121 cm³/mol. The zero-order chi connectivity index (χ0) is 21.4. The Kier molecular flexibility index (Phi) is 8.00. The summed E-state index contributed by atoms with van der Waals surface area (Å²) < 4.78 is 23.2. The summed E-state index contributed by atoms with van der Waals surface area (Å²) in [5.41, 5.74) is 0.728. The molecule has 0 unspecified atom stereocenters. The number of hydrogen-bond acceptors (Lipinski definition) is 6. The molecule has 0 amide bonds. The van der Waals surface area contributed by atoms with Gasteiger partial charge in [0.25, 0.3) is 0 Å². The van der Waals surface area contributed by atoms with Gasteiger partial charge < -0.3 is 0 Å². The van der Waals surface area contributed by atoms with E-state index in [4.69, 9.17) is 18.0 Å². The van der Waals surface area contributed by atoms with E-state index in [1.165, 1.54) is 0 Å². The third kappa shape index (κ3) is 5.46. The molecule has 0 spiro atoms. The van der Waals surface area contributed by atoms with Crippen LogP contribution in [0.2, 0.25) is 0 Å². The van der Waals surface area contributed by atoms with Crippen molar-refractivity contribution < 1.29 is 22.9 Å². The first-order valence-electron chi connectivity index (χ1n) is 10.4. The first-order chi connectivity index (χ1) is 14.6. The van der Waals surface area contributed by atoms with Gasteiger partial charge in [-0.3, -0.25) is 0 Å². The summed E-state index contributed by atoms with van der Waals surface area (Å²) >= 11 is 0. The number of para-hydroxylation sites is 1. The maximum atomic E-state index is 13.3. The van der Waals surface area contributed by atoms with Gasteiger partial charge in [-0.05, 0) is 0 Å². The van der Waals surface area contributed by atoms with Crippen LogP contribution in [0.25, 0.3) is 22.3 Å². The molecule has 3 aromatic rings. The van der Waals surface area contributed by atoms with Gasteiger partial charge in [0, 0.05) is 0 Å². The van der Waals surface area contributed by atoms with Crippen LogP contribution in [0.15, 0.2) is 63.8 Å². The van der Waals surface area contributed by atoms with Gasteiger partial charge in [0.2, 0.25) is 0 Å². The summed E-state index contributed by atoms with van der Waals surface area (Å²) in [6.45, 7) is 4.61. The molecular formula is C23H29O6P. The maximum absolute atomic E-state index is 13.3. The van der Waals surface area contributed by atoms with E-state index in [0.717, 1.165) is 25.7 Å². The summed E-state index contributed by atoms with van der Waals surface area (Å²) in [6.07, 6.45) is 3.28. The van der Waals surface area contributed by atoms with E-state index in [-0.39, 0.29) is 30.2 Å². The van der Waals surface area contributed by atoms with Crippen LogP contribution < -0.4 is 9.95 Å². The Labute approximate surface area is 177 Å². The Bertz CT molecular complexity index is 991. The normalized spacial score (nSPS) is 12.2. The number of hydrogen-bond donors (Lipinski definition) is 1. The Morgan fingerprint density at radius 2 is 1.50 bits per heavy atom. The van der Waals surface area contributed by atoms with E-state index >= 15 is 0 Å². The fraction of sp³-hybridized carbons (Fsp3) is 0.348. The molecule has 0 saturated heterocycles. The summed E-state index contributed by atoms with van der Waals surface area (Å²) in [5.74, 6) is 0.144. The first kappa shape index (κ1) is 22.4. The Balaban J connectivity index is 2.07. The standard InChI is InChI=1S/C23H29O6P/c1-3-5-16-26-30(25,27-17-6-4-2)29-23-21(24)19-14-10-11-15-20(19)28-22(23)18-12-8-7-9-13-18/h7-15,25,30H,3-6,16-17H2,1-2H3. The molecule has 0 aliphatic rings. The summed E-state index contributed by atoms with van der Waals surface area (Å²) in [7, 11) is -4.11. The third-order valence-electron chi connectivity index (χ3n) is 4.59. The zero-order valence-corrected chi connectivity index (χ0v) is 18.4. The minimum absolute atomic E-state index is 0.0953. The van der Waals surface area contributed by atoms with Crippen molar-refractivity contribution in [1.29, 1.82) is 0 Å². The van der Waals surface area contributed by atoms with Gasteiger partial charge >= 0.3 is 177 Å². The predicted octanol–water partition coefficient (Wildman–Crippen LogP) is 5.87. The van der Waals surface area contributed by atoms with Crippen molar-refractivity contribution in [3.8, 4) is 17.1 Å². The fourth-order valence-corrected chi connectivity index (χ4v) is 4.37. The van der Waals surface area contributed by atoms with Gasteiger partial charge in [-0.15, -0.1) is 0 Å². The van der Waals surface area contributed by atoms with Crippen molar-refractivity contribution in [3.05, 3.63) is 64.8 Å². The molecule has 7 heteroatoms. The van der Waals surface area contributed by atoms with E-state index in [9.17, 15) is 9.69 Å². The van der Waals surface area contributed by atoms with Crippen LogP contribution in [-0.4, -0.2) is 18.1 Å². The zero-order valence-electron chi connectivity index (χ0n) is 17.4. The van der Waals surface area contributed by atoms with Crippen molar-refractivity contribution in [2.24, 2.45) is 0 Å². The van der Waals surface area contributed by atoms with E-state index in [1.54, 1.807) is 24.3 Å². The van der Waals surface area contributed by atoms with Crippen LogP contribution in [0.3, 0.4) is 0 Å². The van der Waals surface area contributed by atoms with Crippen molar-refractivity contribution in [1.82, 2.24) is 0 Å². The molecule has 0 saturated carbocycles. The second-order valence-electron chi connectivity index (χ2n) is 6.98. The molecule has 0 aliphatic heterocycles. The van der Waals surface area contributed by atoms with Gasteiger partial charge in [0.05, 0.1) is 0 Å². The molecule has 0 bridgehead atoms. The van der Waals surface area contributed by atoms with Gasteiger partial charge in [-0.2, -0.15) is 0 Å². The molecule has 3 rings (SSSR count). The number of fused-ring (bicyclic) bond motifs is 1. The molecule has 1 heterocycles. The van der Waals surface area contributed by atoms with Crippen molar-refractivity contribution in [2.75, 3.05) is 13.2 Å². The molecule has 2 aromatic carbocycles. The summed E-state index contributed by atoms with van der Waals surface area (Å²) in [4.78, 5) is 24.4. The van der Waals surface area contributed by atoms with Crippen LogP contribution >= 0.6 is 8.17 Å². The van der Waals surface area contributed by atoms with E-state index in [2.05, 4.69) is 0 Å². The molecule has 1 aromatic heterocycles. The van der Waals surface area contributed by atoms with Crippen LogP contribution in [0.4, 0.5) is 0 Å². The molecule has 0 aliphatic carbocycles. The quantitative estimate of drug-likeness (QED) is 0.301. The van der Waals surface area contributed by atoms with Crippen LogP contribution in [0.5, 0.6) is 5.75 Å². The van der Waals surface area contributed by atoms with E-state index < -0.39 is 8.17 Å². The Morgan fingerprint density at radius 1 is 0.900 bits per heavy atom. The molecule has 0 fully saturated rings. The molecular weight excluding hydrogens is 403 g/mol. The number of rotatable bonds is 11. The third-order valence-corrected chi connectivity index (χ3v) is 6.19. The van der Waals surface area contributed by atoms with Gasteiger partial charge in [-0.25, -0.2) is 0 Å². The fourth-order valence-electron chi connectivity index (χ4n) is 2.92. The minimum atomic E-state index is -4.11. The molecule has 30 heavy (non-hydrogen) atoms. The van der Waals surface area contributed by atoms with E-state index in [1.807, 2.05) is 44.2 Å². The van der Waals surface area contributed by atoms with Crippen molar-refractivity contribution >= 4 is 19.1 Å². The second kappa shape index (κ2) is 10.7. The summed E-state index contributed by atoms with van der Waals surface area (Å²) in [6, 6.07) is 16.1. The van der Waals surface area contributed by atoms with Crippen LogP contribution in [-0.2, 0) is 9.05 Å². The Morgan fingerprint density at radius 3 is 2.13 bits per heavy atom. The molecule has 0 radical (unpaired) electrons. The van der Waals surface area contributed by atoms with Gasteiger partial charge in [0.15, 0.2) is 0 Å². The summed E-state index contributed by atoms with van der Waals surface area (Å²) in [5, 5.41) is 0.366. The Hall–Kier alpha value is -2.24. The van der Waals surface area contributed by atoms with Crippen LogP contribution in [0.1, 0.15) is 39.5 Å². The van der Waals surface area contributed by atoms with Crippen molar-refractivity contribution in [3.63, 3.8) is 0 Å². The van der Waals surface area contributed by atoms with Gasteiger partial charge in [0.1, 0.15) is 0 Å². The first-order valence-corrected chi connectivity index (χ1v) is 12.1. The molecule has 162 valence electrons.